The minimum Gasteiger partial charge on any atom is -0.378 e. The lowest BCUT2D eigenvalue weighted by Gasteiger charge is -2.32. The third-order valence-electron chi connectivity index (χ3n) is 5.67. The van der Waals surface area contributed by atoms with Gasteiger partial charge in [0.2, 0.25) is 10.0 Å². The van der Waals surface area contributed by atoms with Crippen molar-refractivity contribution in [3.05, 3.63) is 47.4 Å². The predicted octanol–water partition coefficient (Wildman–Crippen LogP) is 2.50. The lowest BCUT2D eigenvalue weighted by Crippen LogP contribution is -2.39. The third kappa shape index (κ3) is 4.44. The van der Waals surface area contributed by atoms with Gasteiger partial charge >= 0.3 is 0 Å². The summed E-state index contributed by atoms with van der Waals surface area (Å²) in [5.41, 5.74) is 2.00. The van der Waals surface area contributed by atoms with Crippen LogP contribution in [-0.2, 0) is 14.8 Å². The lowest BCUT2D eigenvalue weighted by molar-refractivity contribution is 0.122. The lowest BCUT2D eigenvalue weighted by atomic mass is 9.97. The fourth-order valence-corrected chi connectivity index (χ4v) is 5.39. The van der Waals surface area contributed by atoms with Gasteiger partial charge in [0.1, 0.15) is 11.6 Å². The van der Waals surface area contributed by atoms with E-state index in [1.54, 1.807) is 16.4 Å². The number of benzene rings is 1. The molecular weight excluding hydrogens is 388 g/mol. The zero-order valence-electron chi connectivity index (χ0n) is 17.0. The van der Waals surface area contributed by atoms with E-state index in [1.807, 2.05) is 32.0 Å². The standard InChI is InChI=1S/C21H28N4O3S/c1-16-3-5-19(6-4-16)29(26,27)25-9-7-18(8-10-25)21-22-17(2)15-20(23-21)24-11-13-28-14-12-24/h3-6,15,18H,7-14H2,1-2H3. The molecule has 2 aliphatic rings. The fraction of sp³-hybridized carbons (Fsp3) is 0.524. The molecular formula is C21H28N4O3S. The minimum atomic E-state index is -3.45. The van der Waals surface area contributed by atoms with Crippen LogP contribution in [0, 0.1) is 13.8 Å². The number of sulfonamides is 1. The molecule has 3 heterocycles. The van der Waals surface area contributed by atoms with Crippen LogP contribution >= 0.6 is 0 Å². The van der Waals surface area contributed by atoms with Crippen molar-refractivity contribution in [2.45, 2.75) is 37.5 Å². The predicted molar refractivity (Wildman–Crippen MR) is 112 cm³/mol. The molecule has 29 heavy (non-hydrogen) atoms. The van der Waals surface area contributed by atoms with Crippen LogP contribution in [0.2, 0.25) is 0 Å². The maximum Gasteiger partial charge on any atom is 0.243 e. The zero-order valence-corrected chi connectivity index (χ0v) is 17.9. The van der Waals surface area contributed by atoms with Gasteiger partial charge < -0.3 is 9.64 Å². The van der Waals surface area contributed by atoms with E-state index in [4.69, 9.17) is 9.72 Å². The van der Waals surface area contributed by atoms with Crippen molar-refractivity contribution in [2.24, 2.45) is 0 Å². The van der Waals surface area contributed by atoms with Crippen molar-refractivity contribution >= 4 is 15.8 Å². The van der Waals surface area contributed by atoms with E-state index in [-0.39, 0.29) is 5.92 Å². The SMILES string of the molecule is Cc1ccc(S(=O)(=O)N2CCC(c3nc(C)cc(N4CCOCC4)n3)CC2)cc1. The van der Waals surface area contributed by atoms with E-state index in [9.17, 15) is 8.42 Å². The Morgan fingerprint density at radius 3 is 2.28 bits per heavy atom. The fourth-order valence-electron chi connectivity index (χ4n) is 3.93. The maximum atomic E-state index is 12.9. The van der Waals surface area contributed by atoms with Crippen molar-refractivity contribution in [1.82, 2.24) is 14.3 Å². The number of hydrogen-bond donors (Lipinski definition) is 0. The Kier molecular flexibility index (Phi) is 5.85. The molecule has 0 radical (unpaired) electrons. The maximum absolute atomic E-state index is 12.9. The van der Waals surface area contributed by atoms with Gasteiger partial charge in [-0.15, -0.1) is 0 Å². The summed E-state index contributed by atoms with van der Waals surface area (Å²) < 4.78 is 32.9. The van der Waals surface area contributed by atoms with Gasteiger partial charge in [-0.2, -0.15) is 4.31 Å². The highest BCUT2D eigenvalue weighted by Crippen LogP contribution is 2.30. The molecule has 0 atom stereocenters. The van der Waals surface area contributed by atoms with Gasteiger partial charge in [0, 0.05) is 43.9 Å². The Bertz CT molecular complexity index is 948. The topological polar surface area (TPSA) is 75.6 Å². The highest BCUT2D eigenvalue weighted by molar-refractivity contribution is 7.89. The van der Waals surface area contributed by atoms with Crippen LogP contribution in [0.1, 0.15) is 35.8 Å². The summed E-state index contributed by atoms with van der Waals surface area (Å²) in [4.78, 5) is 12.1. The molecule has 0 amide bonds. The Balaban J connectivity index is 1.47. The van der Waals surface area contributed by atoms with Crippen molar-refractivity contribution in [2.75, 3.05) is 44.3 Å². The Hall–Kier alpha value is -2.03. The van der Waals surface area contributed by atoms with E-state index >= 15 is 0 Å². The first-order valence-electron chi connectivity index (χ1n) is 10.2. The molecule has 156 valence electrons. The van der Waals surface area contributed by atoms with Crippen LogP contribution in [-0.4, -0.2) is 62.1 Å². The van der Waals surface area contributed by atoms with Crippen molar-refractivity contribution in [1.29, 1.82) is 0 Å². The number of anilines is 1. The van der Waals surface area contributed by atoms with Crippen LogP contribution in [0.15, 0.2) is 35.2 Å². The molecule has 0 saturated carbocycles. The molecule has 0 aliphatic carbocycles. The van der Waals surface area contributed by atoms with Gasteiger partial charge in [-0.25, -0.2) is 18.4 Å². The molecule has 2 fully saturated rings. The van der Waals surface area contributed by atoms with Crippen LogP contribution in [0.3, 0.4) is 0 Å². The molecule has 2 aliphatic heterocycles. The Morgan fingerprint density at radius 2 is 1.62 bits per heavy atom. The number of nitrogens with zero attached hydrogens (tertiary/aromatic N) is 4. The molecule has 7 nitrogen and oxygen atoms in total. The second kappa shape index (κ2) is 8.38. The average molecular weight is 417 g/mol. The Labute approximate surface area is 172 Å². The summed E-state index contributed by atoms with van der Waals surface area (Å²) in [6.45, 7) is 8.03. The number of piperidine rings is 1. The number of morpholine rings is 1. The molecule has 0 bridgehead atoms. The van der Waals surface area contributed by atoms with Crippen LogP contribution in [0.25, 0.3) is 0 Å². The molecule has 2 aromatic rings. The van der Waals surface area contributed by atoms with Crippen molar-refractivity contribution < 1.29 is 13.2 Å². The van der Waals surface area contributed by atoms with Crippen LogP contribution in [0.4, 0.5) is 5.82 Å². The molecule has 0 unspecified atom stereocenters. The van der Waals surface area contributed by atoms with E-state index in [2.05, 4.69) is 9.88 Å². The average Bonchev–Trinajstić information content (AvgIpc) is 2.74. The minimum absolute atomic E-state index is 0.180. The monoisotopic (exact) mass is 416 g/mol. The van der Waals surface area contributed by atoms with Gasteiger partial charge in [-0.1, -0.05) is 17.7 Å². The quantitative estimate of drug-likeness (QED) is 0.762. The third-order valence-corrected chi connectivity index (χ3v) is 7.58. The second-order valence-corrected chi connectivity index (χ2v) is 9.75. The molecule has 1 aromatic carbocycles. The molecule has 8 heteroatoms. The first-order valence-corrected chi connectivity index (χ1v) is 11.6. The molecule has 4 rings (SSSR count). The second-order valence-electron chi connectivity index (χ2n) is 7.82. The largest absolute Gasteiger partial charge is 0.378 e. The van der Waals surface area contributed by atoms with Crippen LogP contribution < -0.4 is 4.90 Å². The highest BCUT2D eigenvalue weighted by Gasteiger charge is 2.31. The summed E-state index contributed by atoms with van der Waals surface area (Å²) in [6.07, 6.45) is 1.47. The van der Waals surface area contributed by atoms with Gasteiger partial charge in [-0.05, 0) is 38.8 Å². The van der Waals surface area contributed by atoms with Gasteiger partial charge in [-0.3, -0.25) is 0 Å². The molecule has 1 aromatic heterocycles. The van der Waals surface area contributed by atoms with Crippen molar-refractivity contribution in [3.63, 3.8) is 0 Å². The van der Waals surface area contributed by atoms with E-state index in [1.165, 1.54) is 0 Å². The summed E-state index contributed by atoms with van der Waals surface area (Å²) in [7, 11) is -3.45. The summed E-state index contributed by atoms with van der Waals surface area (Å²) in [5.74, 6) is 1.96. The first-order chi connectivity index (χ1) is 13.9. The van der Waals surface area contributed by atoms with Gasteiger partial charge in [0.25, 0.3) is 0 Å². The van der Waals surface area contributed by atoms with E-state index < -0.39 is 10.0 Å². The van der Waals surface area contributed by atoms with E-state index in [0.717, 1.165) is 48.8 Å². The first kappa shape index (κ1) is 20.3. The molecule has 0 N–H and O–H groups in total. The van der Waals surface area contributed by atoms with Crippen molar-refractivity contribution in [3.8, 4) is 0 Å². The number of aryl methyl sites for hydroxylation is 2. The molecule has 2 saturated heterocycles. The van der Waals surface area contributed by atoms with Gasteiger partial charge in [0.05, 0.1) is 18.1 Å². The highest BCUT2D eigenvalue weighted by atomic mass is 32.2. The summed E-state index contributed by atoms with van der Waals surface area (Å²) >= 11 is 0. The van der Waals surface area contributed by atoms with Gasteiger partial charge in [0.15, 0.2) is 0 Å². The number of aromatic nitrogens is 2. The number of hydrogen-bond acceptors (Lipinski definition) is 6. The number of ether oxygens (including phenoxy) is 1. The number of rotatable bonds is 4. The van der Waals surface area contributed by atoms with E-state index in [0.29, 0.717) is 31.2 Å². The van der Waals surface area contributed by atoms with Crippen LogP contribution in [0.5, 0.6) is 0 Å². The molecule has 0 spiro atoms. The summed E-state index contributed by atoms with van der Waals surface area (Å²) in [6, 6.07) is 9.08. The smallest absolute Gasteiger partial charge is 0.243 e. The normalized spacial score (nSPS) is 19.4. The summed E-state index contributed by atoms with van der Waals surface area (Å²) in [5, 5.41) is 0. The Morgan fingerprint density at radius 1 is 0.966 bits per heavy atom. The zero-order chi connectivity index (χ0) is 20.4.